The van der Waals surface area contributed by atoms with Crippen LogP contribution in [0.25, 0.3) is 22.3 Å². The molecule has 0 fully saturated rings. The summed E-state index contributed by atoms with van der Waals surface area (Å²) in [4.78, 5) is 32.2. The Morgan fingerprint density at radius 1 is 0.941 bits per heavy atom. The van der Waals surface area contributed by atoms with Crippen LogP contribution in [0.15, 0.2) is 91.8 Å². The van der Waals surface area contributed by atoms with Gasteiger partial charge in [0, 0.05) is 15.5 Å². The zero-order chi connectivity index (χ0) is 23.7. The number of thioether (sulfide) groups is 1. The van der Waals surface area contributed by atoms with Crippen LogP contribution in [-0.4, -0.2) is 25.5 Å². The normalized spacial score (nSPS) is 11.2. The monoisotopic (exact) mass is 490 g/mol. The van der Waals surface area contributed by atoms with E-state index in [4.69, 9.17) is 16.1 Å². The van der Waals surface area contributed by atoms with Crippen molar-refractivity contribution in [2.45, 2.75) is 18.0 Å². The minimum Gasteiger partial charge on any atom is -0.337 e. The van der Waals surface area contributed by atoms with E-state index >= 15 is 0 Å². The number of aromatic nitrogens is 4. The summed E-state index contributed by atoms with van der Waals surface area (Å²) >= 11 is 7.74. The average molecular weight is 491 g/mol. The first-order chi connectivity index (χ1) is 16.5. The summed E-state index contributed by atoms with van der Waals surface area (Å²) in [5.41, 5.74) is 1.24. The summed E-state index contributed by atoms with van der Waals surface area (Å²) in [5.74, 6) is 0.705. The van der Waals surface area contributed by atoms with Gasteiger partial charge in [-0.15, -0.1) is 11.8 Å². The van der Waals surface area contributed by atoms with Gasteiger partial charge in [-0.05, 0) is 60.4 Å². The number of rotatable bonds is 6. The molecule has 0 bridgehead atoms. The number of hydrogen-bond acceptors (Lipinski definition) is 6. The van der Waals surface area contributed by atoms with Crippen LogP contribution in [0.2, 0.25) is 5.02 Å². The first-order valence-electron chi connectivity index (χ1n) is 10.5. The third kappa shape index (κ3) is 4.30. The number of para-hydroxylation sites is 1. The summed E-state index contributed by atoms with van der Waals surface area (Å²) in [5, 5.41) is 5.04. The van der Waals surface area contributed by atoms with Crippen molar-refractivity contribution in [3.05, 3.63) is 110 Å². The Kier molecular flexibility index (Phi) is 6.08. The highest BCUT2D eigenvalue weighted by atomic mass is 35.5. The molecule has 0 N–H and O–H groups in total. The summed E-state index contributed by atoms with van der Waals surface area (Å²) < 4.78 is 8.14. The molecule has 0 saturated heterocycles. The molecule has 5 rings (SSSR count). The second kappa shape index (κ2) is 9.32. The lowest BCUT2D eigenvalue weighted by molar-refractivity contribution is 0.369. The van der Waals surface area contributed by atoms with Crippen molar-refractivity contribution in [1.82, 2.24) is 19.3 Å². The molecule has 0 aliphatic carbocycles. The molecule has 3 aromatic carbocycles. The molecule has 0 atom stereocenters. The Hall–Kier alpha value is -3.62. The molecule has 9 heteroatoms. The quantitative estimate of drug-likeness (QED) is 0.321. The van der Waals surface area contributed by atoms with Gasteiger partial charge < -0.3 is 4.52 Å². The SMILES string of the molecule is CSc1ccc(-c2noc(Cn3c(=O)n(Cc4cccc(Cl)c4)c(=O)c4ccccc43)n2)cc1. The molecule has 0 saturated carbocycles. The topological polar surface area (TPSA) is 82.9 Å². The Morgan fingerprint density at radius 2 is 1.74 bits per heavy atom. The first kappa shape index (κ1) is 22.2. The Labute approximate surface area is 203 Å². The molecule has 34 heavy (non-hydrogen) atoms. The molecule has 7 nitrogen and oxygen atoms in total. The van der Waals surface area contributed by atoms with Gasteiger partial charge in [0.25, 0.3) is 5.56 Å². The highest BCUT2D eigenvalue weighted by molar-refractivity contribution is 7.98. The molecule has 0 radical (unpaired) electrons. The molecule has 2 aromatic heterocycles. The molecule has 2 heterocycles. The predicted octanol–water partition coefficient (Wildman–Crippen LogP) is 4.69. The number of nitrogens with zero attached hydrogens (tertiary/aromatic N) is 4. The lowest BCUT2D eigenvalue weighted by atomic mass is 10.2. The molecule has 0 aliphatic heterocycles. The highest BCUT2D eigenvalue weighted by Crippen LogP contribution is 2.21. The number of benzene rings is 3. The van der Waals surface area contributed by atoms with E-state index in [0.29, 0.717) is 21.7 Å². The molecule has 5 aromatic rings. The Morgan fingerprint density at radius 3 is 2.50 bits per heavy atom. The average Bonchev–Trinajstić information content (AvgIpc) is 3.33. The van der Waals surface area contributed by atoms with Gasteiger partial charge >= 0.3 is 5.69 Å². The fraction of sp³-hybridized carbons (Fsp3) is 0.120. The first-order valence-corrected chi connectivity index (χ1v) is 12.1. The molecule has 170 valence electrons. The molecule has 0 unspecified atom stereocenters. The minimum atomic E-state index is -0.465. The van der Waals surface area contributed by atoms with E-state index in [0.717, 1.165) is 16.0 Å². The second-order valence-corrected chi connectivity index (χ2v) is 8.96. The summed E-state index contributed by atoms with van der Waals surface area (Å²) in [7, 11) is 0. The van der Waals surface area contributed by atoms with Crippen LogP contribution in [0, 0.1) is 0 Å². The van der Waals surface area contributed by atoms with Gasteiger partial charge in [-0.2, -0.15) is 4.98 Å². The van der Waals surface area contributed by atoms with Crippen molar-refractivity contribution >= 4 is 34.3 Å². The summed E-state index contributed by atoms with van der Waals surface area (Å²) in [6.45, 7) is 0.130. The molecule has 0 amide bonds. The van der Waals surface area contributed by atoms with Crippen LogP contribution in [0.1, 0.15) is 11.5 Å². The van der Waals surface area contributed by atoms with E-state index in [9.17, 15) is 9.59 Å². The van der Waals surface area contributed by atoms with Gasteiger partial charge in [0.15, 0.2) is 0 Å². The van der Waals surface area contributed by atoms with Crippen molar-refractivity contribution < 1.29 is 4.52 Å². The Bertz CT molecular complexity index is 1610. The van der Waals surface area contributed by atoms with Crippen molar-refractivity contribution in [2.24, 2.45) is 0 Å². The van der Waals surface area contributed by atoms with Crippen molar-refractivity contribution in [1.29, 1.82) is 0 Å². The van der Waals surface area contributed by atoms with Crippen LogP contribution in [-0.2, 0) is 13.1 Å². The van der Waals surface area contributed by atoms with Crippen molar-refractivity contribution in [3.63, 3.8) is 0 Å². The number of fused-ring (bicyclic) bond motifs is 1. The van der Waals surface area contributed by atoms with Crippen LogP contribution in [0.5, 0.6) is 0 Å². The van der Waals surface area contributed by atoms with Crippen LogP contribution >= 0.6 is 23.4 Å². The van der Waals surface area contributed by atoms with Gasteiger partial charge in [0.1, 0.15) is 6.54 Å². The Balaban J connectivity index is 1.56. The van der Waals surface area contributed by atoms with Crippen LogP contribution in [0.3, 0.4) is 0 Å². The molecule has 0 spiro atoms. The molecule has 0 aliphatic rings. The van der Waals surface area contributed by atoms with E-state index in [1.54, 1.807) is 54.2 Å². The highest BCUT2D eigenvalue weighted by Gasteiger charge is 2.17. The van der Waals surface area contributed by atoms with Gasteiger partial charge in [0.05, 0.1) is 17.4 Å². The van der Waals surface area contributed by atoms with Crippen molar-refractivity contribution in [2.75, 3.05) is 6.26 Å². The predicted molar refractivity (Wildman–Crippen MR) is 134 cm³/mol. The maximum absolute atomic E-state index is 13.4. The van der Waals surface area contributed by atoms with E-state index in [1.807, 2.05) is 36.6 Å². The summed E-state index contributed by atoms with van der Waals surface area (Å²) in [6, 6.07) is 21.9. The molecular formula is C25H19ClN4O3S. The smallest absolute Gasteiger partial charge is 0.332 e. The zero-order valence-corrected chi connectivity index (χ0v) is 19.7. The van der Waals surface area contributed by atoms with Gasteiger partial charge in [-0.1, -0.05) is 41.0 Å². The van der Waals surface area contributed by atoms with Crippen LogP contribution in [0.4, 0.5) is 0 Å². The van der Waals surface area contributed by atoms with Gasteiger partial charge in [0.2, 0.25) is 11.7 Å². The minimum absolute atomic E-state index is 0.0328. The van der Waals surface area contributed by atoms with E-state index < -0.39 is 5.69 Å². The standard InChI is InChI=1S/C25H19ClN4O3S/c1-34-19-11-9-17(10-12-19)23-27-22(33-28-23)15-29-21-8-3-2-7-20(21)24(31)30(25(29)32)14-16-5-4-6-18(26)13-16/h2-13H,14-15H2,1H3. The lowest BCUT2D eigenvalue weighted by Gasteiger charge is -2.13. The van der Waals surface area contributed by atoms with E-state index in [2.05, 4.69) is 10.1 Å². The van der Waals surface area contributed by atoms with Crippen molar-refractivity contribution in [3.8, 4) is 11.4 Å². The zero-order valence-electron chi connectivity index (χ0n) is 18.1. The lowest BCUT2D eigenvalue weighted by Crippen LogP contribution is -2.40. The third-order valence-corrected chi connectivity index (χ3v) is 6.45. The number of halogens is 1. The largest absolute Gasteiger partial charge is 0.337 e. The number of hydrogen-bond donors (Lipinski definition) is 0. The third-order valence-electron chi connectivity index (χ3n) is 5.47. The maximum Gasteiger partial charge on any atom is 0.332 e. The van der Waals surface area contributed by atoms with Gasteiger partial charge in [-0.3, -0.25) is 13.9 Å². The second-order valence-electron chi connectivity index (χ2n) is 7.65. The molecular weight excluding hydrogens is 472 g/mol. The fourth-order valence-electron chi connectivity index (χ4n) is 3.79. The fourth-order valence-corrected chi connectivity index (χ4v) is 4.41. The van der Waals surface area contributed by atoms with Gasteiger partial charge in [-0.25, -0.2) is 4.79 Å². The van der Waals surface area contributed by atoms with E-state index in [1.165, 1.54) is 9.13 Å². The van der Waals surface area contributed by atoms with E-state index in [-0.39, 0.29) is 24.5 Å². The van der Waals surface area contributed by atoms with Crippen LogP contribution < -0.4 is 11.2 Å². The summed E-state index contributed by atoms with van der Waals surface area (Å²) in [6.07, 6.45) is 2.01. The maximum atomic E-state index is 13.4.